The van der Waals surface area contributed by atoms with Crippen molar-refractivity contribution in [2.24, 2.45) is 0 Å². The summed E-state index contributed by atoms with van der Waals surface area (Å²) in [5.41, 5.74) is 3.07. The summed E-state index contributed by atoms with van der Waals surface area (Å²) in [6, 6.07) is 11.4. The van der Waals surface area contributed by atoms with Gasteiger partial charge in [-0.25, -0.2) is 0 Å². The molecule has 6 nitrogen and oxygen atoms in total. The topological polar surface area (TPSA) is 62.7 Å². The third kappa shape index (κ3) is 3.91. The molecule has 0 aliphatic carbocycles. The van der Waals surface area contributed by atoms with Crippen LogP contribution in [0.25, 0.3) is 11.1 Å². The number of benzene rings is 1. The Hall–Kier alpha value is -2.73. The summed E-state index contributed by atoms with van der Waals surface area (Å²) in [7, 11) is 3.27. The van der Waals surface area contributed by atoms with Crippen molar-refractivity contribution in [1.82, 2.24) is 14.8 Å². The van der Waals surface area contributed by atoms with Crippen LogP contribution in [0.5, 0.6) is 0 Å². The van der Waals surface area contributed by atoms with Gasteiger partial charge in [-0.15, -0.1) is 0 Å². The SMILES string of the molecule is COCC(=O)N1CCN(C)C(=O)[C@@H]1Cc1cccc(-c2cccnc2)c1. The number of amides is 2. The van der Waals surface area contributed by atoms with E-state index in [1.807, 2.05) is 36.5 Å². The van der Waals surface area contributed by atoms with Crippen molar-refractivity contribution < 1.29 is 14.3 Å². The normalized spacial score (nSPS) is 17.5. The lowest BCUT2D eigenvalue weighted by Gasteiger charge is -2.39. The lowest BCUT2D eigenvalue weighted by molar-refractivity contribution is -0.152. The molecule has 0 bridgehead atoms. The van der Waals surface area contributed by atoms with Gasteiger partial charge in [-0.2, -0.15) is 0 Å². The lowest BCUT2D eigenvalue weighted by atomic mass is 9.98. The molecule has 6 heteroatoms. The quantitative estimate of drug-likeness (QED) is 0.819. The number of piperazine rings is 1. The third-order valence-corrected chi connectivity index (χ3v) is 4.65. The van der Waals surface area contributed by atoms with Crippen LogP contribution in [0, 0.1) is 0 Å². The fraction of sp³-hybridized carbons (Fsp3) is 0.350. The van der Waals surface area contributed by atoms with Crippen molar-refractivity contribution in [2.75, 3.05) is 33.9 Å². The number of carbonyl (C=O) groups is 2. The van der Waals surface area contributed by atoms with Crippen LogP contribution in [0.2, 0.25) is 0 Å². The van der Waals surface area contributed by atoms with E-state index < -0.39 is 6.04 Å². The smallest absolute Gasteiger partial charge is 0.249 e. The molecule has 0 unspecified atom stereocenters. The summed E-state index contributed by atoms with van der Waals surface area (Å²) < 4.78 is 4.97. The van der Waals surface area contributed by atoms with Gasteiger partial charge in [0, 0.05) is 46.1 Å². The van der Waals surface area contributed by atoms with Crippen molar-refractivity contribution in [1.29, 1.82) is 0 Å². The van der Waals surface area contributed by atoms with Crippen LogP contribution in [-0.4, -0.2) is 66.5 Å². The van der Waals surface area contributed by atoms with Gasteiger partial charge in [0.15, 0.2) is 0 Å². The maximum Gasteiger partial charge on any atom is 0.249 e. The van der Waals surface area contributed by atoms with E-state index >= 15 is 0 Å². The molecule has 1 aromatic carbocycles. The van der Waals surface area contributed by atoms with E-state index in [-0.39, 0.29) is 18.4 Å². The van der Waals surface area contributed by atoms with Gasteiger partial charge in [-0.05, 0) is 22.8 Å². The highest BCUT2D eigenvalue weighted by Gasteiger charge is 2.35. The maximum atomic E-state index is 12.7. The Labute approximate surface area is 153 Å². The Balaban J connectivity index is 1.84. The molecule has 2 heterocycles. The zero-order valence-corrected chi connectivity index (χ0v) is 15.1. The first-order valence-corrected chi connectivity index (χ1v) is 8.63. The van der Waals surface area contributed by atoms with E-state index in [1.165, 1.54) is 7.11 Å². The van der Waals surface area contributed by atoms with Crippen molar-refractivity contribution >= 4 is 11.8 Å². The first-order chi connectivity index (χ1) is 12.6. The second kappa shape index (κ2) is 8.10. The van der Waals surface area contributed by atoms with Gasteiger partial charge in [0.05, 0.1) is 0 Å². The van der Waals surface area contributed by atoms with Gasteiger partial charge in [0.2, 0.25) is 11.8 Å². The molecular formula is C20H23N3O3. The molecule has 26 heavy (non-hydrogen) atoms. The van der Waals surface area contributed by atoms with Gasteiger partial charge < -0.3 is 14.5 Å². The fourth-order valence-corrected chi connectivity index (χ4v) is 3.25. The number of aromatic nitrogens is 1. The molecule has 0 spiro atoms. The highest BCUT2D eigenvalue weighted by molar-refractivity contribution is 5.89. The van der Waals surface area contributed by atoms with Crippen LogP contribution < -0.4 is 0 Å². The zero-order valence-electron chi connectivity index (χ0n) is 15.1. The Bertz CT molecular complexity index is 779. The van der Waals surface area contributed by atoms with Gasteiger partial charge >= 0.3 is 0 Å². The number of methoxy groups -OCH3 is 1. The fourth-order valence-electron chi connectivity index (χ4n) is 3.25. The van der Waals surface area contributed by atoms with Crippen LogP contribution in [0.3, 0.4) is 0 Å². The highest BCUT2D eigenvalue weighted by Crippen LogP contribution is 2.22. The minimum atomic E-state index is -0.499. The monoisotopic (exact) mass is 353 g/mol. The number of rotatable bonds is 5. The minimum Gasteiger partial charge on any atom is -0.375 e. The standard InChI is InChI=1S/C20H23N3O3/c1-22-9-10-23(19(24)14-26-2)18(20(22)25)12-15-5-3-6-16(11-15)17-7-4-8-21-13-17/h3-8,11,13,18H,9-10,12,14H2,1-2H3/t18-/m0/s1. The lowest BCUT2D eigenvalue weighted by Crippen LogP contribution is -2.59. The molecule has 1 aliphatic heterocycles. The van der Waals surface area contributed by atoms with E-state index in [0.717, 1.165) is 16.7 Å². The first kappa shape index (κ1) is 18.1. The molecule has 3 rings (SSSR count). The molecule has 1 atom stereocenters. The molecule has 2 aromatic rings. The van der Waals surface area contributed by atoms with E-state index in [0.29, 0.717) is 19.5 Å². The van der Waals surface area contributed by atoms with Gasteiger partial charge in [-0.3, -0.25) is 14.6 Å². The first-order valence-electron chi connectivity index (χ1n) is 8.63. The van der Waals surface area contributed by atoms with Crippen molar-refractivity contribution in [3.05, 3.63) is 54.4 Å². The molecule has 1 saturated heterocycles. The summed E-state index contributed by atoms with van der Waals surface area (Å²) >= 11 is 0. The summed E-state index contributed by atoms with van der Waals surface area (Å²) in [5.74, 6) is -0.185. The zero-order chi connectivity index (χ0) is 18.5. The number of nitrogens with zero attached hydrogens (tertiary/aromatic N) is 3. The largest absolute Gasteiger partial charge is 0.375 e. The molecular weight excluding hydrogens is 330 g/mol. The minimum absolute atomic E-state index is 0.0107. The predicted molar refractivity (Wildman–Crippen MR) is 98.4 cm³/mol. The maximum absolute atomic E-state index is 12.7. The van der Waals surface area contributed by atoms with Crippen LogP contribution >= 0.6 is 0 Å². The van der Waals surface area contributed by atoms with Crippen LogP contribution in [0.4, 0.5) is 0 Å². The van der Waals surface area contributed by atoms with Crippen molar-refractivity contribution in [2.45, 2.75) is 12.5 Å². The van der Waals surface area contributed by atoms with E-state index in [1.54, 1.807) is 23.0 Å². The van der Waals surface area contributed by atoms with E-state index in [4.69, 9.17) is 4.74 Å². The van der Waals surface area contributed by atoms with Crippen LogP contribution in [0.1, 0.15) is 5.56 Å². The highest BCUT2D eigenvalue weighted by atomic mass is 16.5. The number of pyridine rings is 1. The Morgan fingerprint density at radius 2 is 2.04 bits per heavy atom. The summed E-state index contributed by atoms with van der Waals surface area (Å²) in [6.07, 6.45) is 4.03. The Morgan fingerprint density at radius 1 is 1.23 bits per heavy atom. The number of carbonyl (C=O) groups excluding carboxylic acids is 2. The van der Waals surface area contributed by atoms with Gasteiger partial charge in [-0.1, -0.05) is 30.3 Å². The summed E-state index contributed by atoms with van der Waals surface area (Å²) in [5, 5.41) is 0. The molecule has 1 aliphatic rings. The average Bonchev–Trinajstić information content (AvgIpc) is 2.67. The number of ether oxygens (including phenoxy) is 1. The molecule has 136 valence electrons. The molecule has 1 fully saturated rings. The molecule has 0 radical (unpaired) electrons. The number of hydrogen-bond donors (Lipinski definition) is 0. The summed E-state index contributed by atoms with van der Waals surface area (Å²) in [6.45, 7) is 1.06. The van der Waals surface area contributed by atoms with Crippen molar-refractivity contribution in [3.8, 4) is 11.1 Å². The molecule has 1 aromatic heterocycles. The Morgan fingerprint density at radius 3 is 2.77 bits per heavy atom. The second-order valence-electron chi connectivity index (χ2n) is 6.44. The van der Waals surface area contributed by atoms with Crippen LogP contribution in [0.15, 0.2) is 48.8 Å². The third-order valence-electron chi connectivity index (χ3n) is 4.65. The number of hydrogen-bond acceptors (Lipinski definition) is 4. The molecule has 0 saturated carbocycles. The predicted octanol–water partition coefficient (Wildman–Crippen LogP) is 1.61. The van der Waals surface area contributed by atoms with Crippen molar-refractivity contribution in [3.63, 3.8) is 0 Å². The average molecular weight is 353 g/mol. The van der Waals surface area contributed by atoms with Crippen LogP contribution in [-0.2, 0) is 20.7 Å². The second-order valence-corrected chi connectivity index (χ2v) is 6.44. The van der Waals surface area contributed by atoms with E-state index in [2.05, 4.69) is 11.1 Å². The van der Waals surface area contributed by atoms with E-state index in [9.17, 15) is 9.59 Å². The number of likely N-dealkylation sites (N-methyl/N-ethyl adjacent to an activating group) is 1. The molecule has 0 N–H and O–H groups in total. The molecule has 2 amide bonds. The summed E-state index contributed by atoms with van der Waals surface area (Å²) in [4.78, 5) is 32.5. The van der Waals surface area contributed by atoms with Gasteiger partial charge in [0.25, 0.3) is 0 Å². The Kier molecular flexibility index (Phi) is 5.63. The van der Waals surface area contributed by atoms with Gasteiger partial charge in [0.1, 0.15) is 12.6 Å².